The zero-order chi connectivity index (χ0) is 20.4. The molecule has 4 nitrogen and oxygen atoms in total. The van der Waals surface area contributed by atoms with E-state index in [1.54, 1.807) is 0 Å². The summed E-state index contributed by atoms with van der Waals surface area (Å²) < 4.78 is 11.4. The Bertz CT molecular complexity index is 881. The summed E-state index contributed by atoms with van der Waals surface area (Å²) >= 11 is 7.51. The third kappa shape index (κ3) is 3.69. The Morgan fingerprint density at radius 1 is 0.800 bits per heavy atom. The van der Waals surface area contributed by atoms with Crippen LogP contribution in [-0.2, 0) is 9.47 Å². The molecule has 0 aliphatic carbocycles. The molecule has 3 heterocycles. The lowest BCUT2D eigenvalue weighted by Crippen LogP contribution is -2.52. The highest BCUT2D eigenvalue weighted by molar-refractivity contribution is 8.04. The maximum atomic E-state index is 5.70. The fraction of sp³-hybridized carbons (Fsp3) is 0.417. The lowest BCUT2D eigenvalue weighted by atomic mass is 9.91. The number of thioether (sulfide) groups is 1. The second kappa shape index (κ2) is 8.97. The SMILES string of the molecule is SC1(N2CCOCC2)C(c2ccccc2)=C(N2CCOCC2)SC1c1ccccc1. The molecule has 2 aromatic carbocycles. The van der Waals surface area contributed by atoms with Crippen molar-refractivity contribution in [3.8, 4) is 0 Å². The molecule has 0 spiro atoms. The van der Waals surface area contributed by atoms with Crippen LogP contribution in [0.5, 0.6) is 0 Å². The van der Waals surface area contributed by atoms with Gasteiger partial charge in [-0.25, -0.2) is 0 Å². The Hall–Kier alpha value is -1.44. The van der Waals surface area contributed by atoms with Gasteiger partial charge in [-0.1, -0.05) is 72.4 Å². The highest BCUT2D eigenvalue weighted by Crippen LogP contribution is 2.62. The van der Waals surface area contributed by atoms with E-state index in [-0.39, 0.29) is 5.25 Å². The number of thiol groups is 1. The summed E-state index contributed by atoms with van der Waals surface area (Å²) in [7, 11) is 0. The number of benzene rings is 2. The van der Waals surface area contributed by atoms with Crippen LogP contribution in [0.1, 0.15) is 16.4 Å². The van der Waals surface area contributed by atoms with Gasteiger partial charge in [0.1, 0.15) is 4.87 Å². The predicted molar refractivity (Wildman–Crippen MR) is 127 cm³/mol. The number of nitrogens with zero attached hydrogens (tertiary/aromatic N) is 2. The molecule has 2 atom stereocenters. The van der Waals surface area contributed by atoms with Crippen LogP contribution in [0.15, 0.2) is 65.7 Å². The smallest absolute Gasteiger partial charge is 0.110 e. The van der Waals surface area contributed by atoms with Crippen LogP contribution in [0, 0.1) is 0 Å². The maximum Gasteiger partial charge on any atom is 0.110 e. The molecule has 6 heteroatoms. The van der Waals surface area contributed by atoms with Crippen molar-refractivity contribution < 1.29 is 9.47 Å². The van der Waals surface area contributed by atoms with Crippen LogP contribution >= 0.6 is 24.4 Å². The molecule has 0 saturated carbocycles. The van der Waals surface area contributed by atoms with E-state index in [4.69, 9.17) is 22.1 Å². The second-order valence-electron chi connectivity index (χ2n) is 7.88. The van der Waals surface area contributed by atoms with E-state index in [0.717, 1.165) is 52.6 Å². The Balaban J connectivity index is 1.67. The molecular weight excluding hydrogens is 412 g/mol. The van der Waals surface area contributed by atoms with Crippen molar-refractivity contribution in [3.05, 3.63) is 76.8 Å². The van der Waals surface area contributed by atoms with Crippen LogP contribution in [0.2, 0.25) is 0 Å². The highest BCUT2D eigenvalue weighted by atomic mass is 32.2. The van der Waals surface area contributed by atoms with Gasteiger partial charge in [-0.15, -0.1) is 0 Å². The monoisotopic (exact) mass is 440 g/mol. The molecule has 2 unspecified atom stereocenters. The third-order valence-corrected chi connectivity index (χ3v) is 8.61. The molecule has 2 saturated heterocycles. The van der Waals surface area contributed by atoms with Crippen molar-refractivity contribution in [3.63, 3.8) is 0 Å². The van der Waals surface area contributed by atoms with E-state index in [0.29, 0.717) is 0 Å². The van der Waals surface area contributed by atoms with E-state index >= 15 is 0 Å². The first-order valence-electron chi connectivity index (χ1n) is 10.7. The molecule has 2 fully saturated rings. The Morgan fingerprint density at radius 2 is 1.37 bits per heavy atom. The first-order valence-corrected chi connectivity index (χ1v) is 12.0. The minimum atomic E-state index is -0.412. The van der Waals surface area contributed by atoms with Gasteiger partial charge in [-0.3, -0.25) is 4.90 Å². The average molecular weight is 441 g/mol. The number of morpholine rings is 2. The first-order chi connectivity index (χ1) is 14.8. The number of hydrogen-bond donors (Lipinski definition) is 1. The molecule has 0 N–H and O–H groups in total. The zero-order valence-electron chi connectivity index (χ0n) is 17.1. The van der Waals surface area contributed by atoms with Gasteiger partial charge in [0.2, 0.25) is 0 Å². The summed E-state index contributed by atoms with van der Waals surface area (Å²) in [5.41, 5.74) is 3.90. The number of hydrogen-bond acceptors (Lipinski definition) is 6. The topological polar surface area (TPSA) is 24.9 Å². The molecular formula is C24H28N2O2S2. The van der Waals surface area contributed by atoms with E-state index in [1.807, 2.05) is 11.8 Å². The van der Waals surface area contributed by atoms with Crippen molar-refractivity contribution >= 4 is 30.0 Å². The summed E-state index contributed by atoms with van der Waals surface area (Å²) in [5, 5.41) is 1.55. The van der Waals surface area contributed by atoms with E-state index in [9.17, 15) is 0 Å². The molecule has 5 rings (SSSR count). The van der Waals surface area contributed by atoms with Gasteiger partial charge in [0, 0.05) is 31.8 Å². The quantitative estimate of drug-likeness (QED) is 0.721. The van der Waals surface area contributed by atoms with Gasteiger partial charge >= 0.3 is 0 Å². The van der Waals surface area contributed by atoms with Crippen LogP contribution in [0.4, 0.5) is 0 Å². The van der Waals surface area contributed by atoms with Gasteiger partial charge in [0.15, 0.2) is 0 Å². The summed E-state index contributed by atoms with van der Waals surface area (Å²) in [5.74, 6) is 0. The first kappa shape index (κ1) is 20.5. The minimum absolute atomic E-state index is 0.202. The van der Waals surface area contributed by atoms with E-state index in [2.05, 4.69) is 70.5 Å². The average Bonchev–Trinajstić information content (AvgIpc) is 3.15. The largest absolute Gasteiger partial charge is 0.379 e. The number of ether oxygens (including phenoxy) is 2. The van der Waals surface area contributed by atoms with E-state index in [1.165, 1.54) is 21.7 Å². The van der Waals surface area contributed by atoms with Crippen LogP contribution < -0.4 is 0 Å². The molecule has 158 valence electrons. The lowest BCUT2D eigenvalue weighted by Gasteiger charge is -2.45. The molecule has 0 aromatic heterocycles. The molecule has 2 aromatic rings. The molecule has 3 aliphatic heterocycles. The van der Waals surface area contributed by atoms with Gasteiger partial charge in [-0.2, -0.15) is 12.6 Å². The Labute approximate surface area is 188 Å². The molecule has 30 heavy (non-hydrogen) atoms. The summed E-state index contributed by atoms with van der Waals surface area (Å²) in [6, 6.07) is 21.7. The lowest BCUT2D eigenvalue weighted by molar-refractivity contribution is 0.0204. The molecule has 0 radical (unpaired) electrons. The Morgan fingerprint density at radius 3 is 2.00 bits per heavy atom. The van der Waals surface area contributed by atoms with Crippen molar-refractivity contribution in [1.29, 1.82) is 0 Å². The van der Waals surface area contributed by atoms with Crippen molar-refractivity contribution in [1.82, 2.24) is 9.80 Å². The fourth-order valence-electron chi connectivity index (χ4n) is 4.64. The van der Waals surface area contributed by atoms with Gasteiger partial charge in [0.05, 0.1) is 36.7 Å². The van der Waals surface area contributed by atoms with Gasteiger partial charge in [-0.05, 0) is 11.1 Å². The van der Waals surface area contributed by atoms with E-state index < -0.39 is 4.87 Å². The van der Waals surface area contributed by atoms with Crippen molar-refractivity contribution in [2.45, 2.75) is 10.1 Å². The Kier molecular flexibility index (Phi) is 6.12. The predicted octanol–water partition coefficient (Wildman–Crippen LogP) is 4.13. The summed E-state index contributed by atoms with van der Waals surface area (Å²) in [6.45, 7) is 6.69. The van der Waals surface area contributed by atoms with Gasteiger partial charge in [0.25, 0.3) is 0 Å². The zero-order valence-corrected chi connectivity index (χ0v) is 18.8. The molecule has 3 aliphatic rings. The summed E-state index contributed by atoms with van der Waals surface area (Å²) in [4.78, 5) is 4.62. The van der Waals surface area contributed by atoms with Crippen LogP contribution in [0.25, 0.3) is 5.57 Å². The number of rotatable bonds is 4. The van der Waals surface area contributed by atoms with Crippen molar-refractivity contribution in [2.75, 3.05) is 52.6 Å². The van der Waals surface area contributed by atoms with Crippen molar-refractivity contribution in [2.24, 2.45) is 0 Å². The molecule has 0 bridgehead atoms. The van der Waals surface area contributed by atoms with Crippen LogP contribution in [-0.4, -0.2) is 67.3 Å². The second-order valence-corrected chi connectivity index (χ2v) is 9.66. The third-order valence-electron chi connectivity index (χ3n) is 6.13. The fourth-order valence-corrected chi connectivity index (χ4v) is 7.13. The highest BCUT2D eigenvalue weighted by Gasteiger charge is 2.53. The maximum absolute atomic E-state index is 5.70. The summed E-state index contributed by atoms with van der Waals surface area (Å²) in [6.07, 6.45) is 0. The minimum Gasteiger partial charge on any atom is -0.379 e. The standard InChI is InChI=1S/C24H28N2O2S2/c29-24(26-13-17-28-18-14-26)21(19-7-3-1-4-8-19)23(25-11-15-27-16-12-25)30-22(24)20-9-5-2-6-10-20/h1-10,22,29H,11-18H2. The molecule has 0 amide bonds. The van der Waals surface area contributed by atoms with Gasteiger partial charge < -0.3 is 14.4 Å². The van der Waals surface area contributed by atoms with Crippen LogP contribution in [0.3, 0.4) is 0 Å². The normalized spacial score (nSPS) is 28.2.